The lowest BCUT2D eigenvalue weighted by Gasteiger charge is -2.22. The first-order valence-corrected chi connectivity index (χ1v) is 7.77. The molecule has 0 saturated carbocycles. The van der Waals surface area contributed by atoms with Crippen molar-refractivity contribution in [3.05, 3.63) is 29.8 Å². The van der Waals surface area contributed by atoms with Crippen LogP contribution in [0.3, 0.4) is 0 Å². The van der Waals surface area contributed by atoms with Crippen molar-refractivity contribution >= 4 is 15.7 Å². The Morgan fingerprint density at radius 2 is 1.74 bits per heavy atom. The number of hydrogen-bond acceptors (Lipinski definition) is 3. The first-order chi connectivity index (χ1) is 8.94. The van der Waals surface area contributed by atoms with Crippen molar-refractivity contribution in [3.63, 3.8) is 0 Å². The Labute approximate surface area is 111 Å². The van der Waals surface area contributed by atoms with Gasteiger partial charge in [0.25, 0.3) is 0 Å². The molecule has 2 rings (SSSR count). The Hall–Kier alpha value is -1.21. The van der Waals surface area contributed by atoms with E-state index in [2.05, 4.69) is 10.0 Å². The molecule has 1 heterocycles. The van der Waals surface area contributed by atoms with Gasteiger partial charge in [-0.3, -0.25) is 4.72 Å². The predicted octanol–water partition coefficient (Wildman–Crippen LogP) is 1.71. The molecule has 1 aromatic carbocycles. The van der Waals surface area contributed by atoms with E-state index in [0.717, 1.165) is 38.1 Å². The van der Waals surface area contributed by atoms with Crippen molar-refractivity contribution in [1.29, 1.82) is 0 Å². The van der Waals surface area contributed by atoms with Crippen LogP contribution < -0.4 is 10.0 Å². The molecular formula is C12H16F2N2O2S. The fourth-order valence-corrected chi connectivity index (χ4v) is 3.71. The second kappa shape index (κ2) is 5.83. The lowest BCUT2D eigenvalue weighted by Crippen LogP contribution is -2.33. The molecule has 1 aromatic rings. The molecule has 0 bridgehead atoms. The van der Waals surface area contributed by atoms with Crippen molar-refractivity contribution in [1.82, 2.24) is 5.32 Å². The van der Waals surface area contributed by atoms with Gasteiger partial charge < -0.3 is 5.32 Å². The van der Waals surface area contributed by atoms with E-state index >= 15 is 0 Å². The van der Waals surface area contributed by atoms with Crippen molar-refractivity contribution in [3.8, 4) is 0 Å². The third-order valence-corrected chi connectivity index (χ3v) is 4.51. The summed E-state index contributed by atoms with van der Waals surface area (Å²) in [7, 11) is -3.58. The fraction of sp³-hybridized carbons (Fsp3) is 0.500. The number of hydrogen-bond donors (Lipinski definition) is 2. The molecule has 0 unspecified atom stereocenters. The normalized spacial score (nSPS) is 17.4. The molecule has 0 amide bonds. The summed E-state index contributed by atoms with van der Waals surface area (Å²) in [5, 5.41) is 3.15. The summed E-state index contributed by atoms with van der Waals surface area (Å²) in [4.78, 5) is 0. The molecular weight excluding hydrogens is 274 g/mol. The van der Waals surface area contributed by atoms with Gasteiger partial charge in [-0.15, -0.1) is 0 Å². The van der Waals surface area contributed by atoms with Crippen LogP contribution in [0.15, 0.2) is 18.2 Å². The third kappa shape index (κ3) is 4.43. The van der Waals surface area contributed by atoms with Crippen molar-refractivity contribution in [2.24, 2.45) is 5.92 Å². The van der Waals surface area contributed by atoms with Gasteiger partial charge in [0.1, 0.15) is 11.6 Å². The zero-order chi connectivity index (χ0) is 13.9. The molecule has 1 aliphatic heterocycles. The van der Waals surface area contributed by atoms with Crippen LogP contribution in [0.2, 0.25) is 0 Å². The van der Waals surface area contributed by atoms with Gasteiger partial charge in [0.15, 0.2) is 0 Å². The van der Waals surface area contributed by atoms with Crippen LogP contribution in [0.1, 0.15) is 12.8 Å². The van der Waals surface area contributed by atoms with E-state index in [9.17, 15) is 17.2 Å². The summed E-state index contributed by atoms with van der Waals surface area (Å²) in [5.74, 6) is -1.55. The molecule has 0 spiro atoms. The van der Waals surface area contributed by atoms with E-state index in [1.54, 1.807) is 0 Å². The van der Waals surface area contributed by atoms with Gasteiger partial charge in [-0.2, -0.15) is 0 Å². The van der Waals surface area contributed by atoms with Crippen molar-refractivity contribution in [2.45, 2.75) is 12.8 Å². The van der Waals surface area contributed by atoms with Crippen molar-refractivity contribution < 1.29 is 17.2 Å². The number of sulfonamides is 1. The number of anilines is 1. The Bertz CT molecular complexity index is 522. The average Bonchev–Trinajstić information content (AvgIpc) is 2.27. The minimum Gasteiger partial charge on any atom is -0.317 e. The summed E-state index contributed by atoms with van der Waals surface area (Å²) in [5.41, 5.74) is -0.0774. The van der Waals surface area contributed by atoms with Crippen LogP contribution in [-0.4, -0.2) is 27.3 Å². The van der Waals surface area contributed by atoms with E-state index < -0.39 is 21.7 Å². The first-order valence-electron chi connectivity index (χ1n) is 6.12. The third-order valence-electron chi connectivity index (χ3n) is 3.05. The minimum atomic E-state index is -3.58. The first kappa shape index (κ1) is 14.2. The quantitative estimate of drug-likeness (QED) is 0.887. The summed E-state index contributed by atoms with van der Waals surface area (Å²) in [6.45, 7) is 1.60. The van der Waals surface area contributed by atoms with Gasteiger partial charge in [-0.05, 0) is 44.0 Å². The lowest BCUT2D eigenvalue weighted by molar-refractivity contribution is 0.402. The van der Waals surface area contributed by atoms with Gasteiger partial charge in [0, 0.05) is 6.07 Å². The highest BCUT2D eigenvalue weighted by Gasteiger charge is 2.21. The Balaban J connectivity index is 2.03. The van der Waals surface area contributed by atoms with Crippen molar-refractivity contribution in [2.75, 3.05) is 23.6 Å². The molecule has 106 valence electrons. The number of rotatable bonds is 4. The molecule has 0 aromatic heterocycles. The largest absolute Gasteiger partial charge is 0.317 e. The highest BCUT2D eigenvalue weighted by Crippen LogP contribution is 2.18. The number of nitrogens with one attached hydrogen (secondary N) is 2. The Kier molecular flexibility index (Phi) is 4.36. The van der Waals surface area contributed by atoms with E-state index in [0.29, 0.717) is 6.07 Å². The molecule has 1 saturated heterocycles. The second-order valence-corrected chi connectivity index (χ2v) is 6.50. The highest BCUT2D eigenvalue weighted by atomic mass is 32.2. The summed E-state index contributed by atoms with van der Waals surface area (Å²) >= 11 is 0. The summed E-state index contributed by atoms with van der Waals surface area (Å²) in [6.07, 6.45) is 1.58. The number of halogens is 2. The van der Waals surface area contributed by atoms with Crippen LogP contribution in [0.5, 0.6) is 0 Å². The standard InChI is InChI=1S/C12H16F2N2O2S/c13-10-5-11(14)7-12(6-10)16-19(17,18)8-9-1-3-15-4-2-9/h5-7,9,15-16H,1-4,8H2. The average molecular weight is 290 g/mol. The Morgan fingerprint density at radius 1 is 1.16 bits per heavy atom. The maximum Gasteiger partial charge on any atom is 0.232 e. The van der Waals surface area contributed by atoms with Crippen LogP contribution in [0.25, 0.3) is 0 Å². The molecule has 0 radical (unpaired) electrons. The minimum absolute atomic E-state index is 0.0210. The van der Waals surface area contributed by atoms with Gasteiger partial charge in [-0.1, -0.05) is 0 Å². The molecule has 1 fully saturated rings. The van der Waals surface area contributed by atoms with Gasteiger partial charge in [-0.25, -0.2) is 17.2 Å². The number of piperidine rings is 1. The van der Waals surface area contributed by atoms with E-state index in [1.807, 2.05) is 0 Å². The molecule has 7 heteroatoms. The number of benzene rings is 1. The molecule has 2 N–H and O–H groups in total. The lowest BCUT2D eigenvalue weighted by atomic mass is 10.0. The summed E-state index contributed by atoms with van der Waals surface area (Å²) < 4.78 is 52.0. The van der Waals surface area contributed by atoms with Crippen LogP contribution >= 0.6 is 0 Å². The van der Waals surface area contributed by atoms with Gasteiger partial charge in [0.05, 0.1) is 11.4 Å². The van der Waals surface area contributed by atoms with Crippen LogP contribution in [-0.2, 0) is 10.0 Å². The van der Waals surface area contributed by atoms with Crippen LogP contribution in [0, 0.1) is 17.6 Å². The van der Waals surface area contributed by atoms with Gasteiger partial charge >= 0.3 is 0 Å². The zero-order valence-electron chi connectivity index (χ0n) is 10.3. The Morgan fingerprint density at radius 3 is 2.32 bits per heavy atom. The molecule has 1 aliphatic rings. The van der Waals surface area contributed by atoms with E-state index in [-0.39, 0.29) is 17.4 Å². The maximum absolute atomic E-state index is 13.0. The topological polar surface area (TPSA) is 58.2 Å². The smallest absolute Gasteiger partial charge is 0.232 e. The fourth-order valence-electron chi connectivity index (χ4n) is 2.19. The molecule has 19 heavy (non-hydrogen) atoms. The maximum atomic E-state index is 13.0. The van der Waals surface area contributed by atoms with E-state index in [1.165, 1.54) is 0 Å². The zero-order valence-corrected chi connectivity index (χ0v) is 11.1. The van der Waals surface area contributed by atoms with Gasteiger partial charge in [0.2, 0.25) is 10.0 Å². The van der Waals surface area contributed by atoms with E-state index in [4.69, 9.17) is 0 Å². The summed E-state index contributed by atoms with van der Waals surface area (Å²) in [6, 6.07) is 2.62. The molecule has 4 nitrogen and oxygen atoms in total. The van der Waals surface area contributed by atoms with Crippen LogP contribution in [0.4, 0.5) is 14.5 Å². The SMILES string of the molecule is O=S(=O)(CC1CCNCC1)Nc1cc(F)cc(F)c1. The predicted molar refractivity (Wildman–Crippen MR) is 69.4 cm³/mol. The highest BCUT2D eigenvalue weighted by molar-refractivity contribution is 7.92. The molecule has 0 atom stereocenters. The monoisotopic (exact) mass is 290 g/mol. The molecule has 0 aliphatic carbocycles. The second-order valence-electron chi connectivity index (χ2n) is 4.73.